The zero-order chi connectivity index (χ0) is 18.4. The third-order valence-electron chi connectivity index (χ3n) is 3.54. The number of aromatic nitrogens is 1. The molecule has 0 aliphatic rings. The Morgan fingerprint density at radius 2 is 1.85 bits per heavy atom. The molecule has 3 rings (SSSR count). The van der Waals surface area contributed by atoms with Gasteiger partial charge in [-0.25, -0.2) is 9.78 Å². The average Bonchev–Trinajstić information content (AvgIpc) is 3.16. The average molecular weight is 367 g/mol. The van der Waals surface area contributed by atoms with Crippen molar-refractivity contribution in [1.82, 2.24) is 4.98 Å². The number of anilines is 3. The van der Waals surface area contributed by atoms with Crippen molar-refractivity contribution in [1.29, 1.82) is 0 Å². The van der Waals surface area contributed by atoms with Crippen LogP contribution >= 0.6 is 11.3 Å². The van der Waals surface area contributed by atoms with Crippen molar-refractivity contribution in [2.45, 2.75) is 6.42 Å². The van der Waals surface area contributed by atoms with Gasteiger partial charge in [-0.2, -0.15) is 0 Å². The third-order valence-corrected chi connectivity index (χ3v) is 4.42. The molecular weight excluding hydrogens is 350 g/mol. The van der Waals surface area contributed by atoms with Crippen molar-refractivity contribution >= 4 is 40.4 Å². The van der Waals surface area contributed by atoms with Gasteiger partial charge in [0.2, 0.25) is 5.91 Å². The van der Waals surface area contributed by atoms with E-state index in [0.717, 1.165) is 10.6 Å². The molecule has 0 radical (unpaired) electrons. The summed E-state index contributed by atoms with van der Waals surface area (Å²) in [5.74, 6) is 0.178. The van der Waals surface area contributed by atoms with E-state index in [4.69, 9.17) is 0 Å². The molecule has 2 N–H and O–H groups in total. The molecule has 0 fully saturated rings. The smallest absolute Gasteiger partial charge is 0.337 e. The van der Waals surface area contributed by atoms with Gasteiger partial charge in [-0.05, 0) is 47.8 Å². The predicted molar refractivity (Wildman–Crippen MR) is 102 cm³/mol. The van der Waals surface area contributed by atoms with E-state index in [1.54, 1.807) is 53.9 Å². The highest BCUT2D eigenvalue weighted by Gasteiger charge is 2.06. The summed E-state index contributed by atoms with van der Waals surface area (Å²) in [6, 6.07) is 14.3. The van der Waals surface area contributed by atoms with Gasteiger partial charge in [-0.1, -0.05) is 6.07 Å². The third kappa shape index (κ3) is 4.67. The Labute approximate surface area is 154 Å². The fraction of sp³-hybridized carbons (Fsp3) is 0.105. The van der Waals surface area contributed by atoms with Crippen LogP contribution in [0.4, 0.5) is 17.2 Å². The first-order valence-corrected chi connectivity index (χ1v) is 8.76. The number of carbonyl (C=O) groups excluding carboxylic acids is 2. The SMILES string of the molecule is COC(=O)c1ccc(Nc2ccc(NC(=O)Cc3cccs3)cn2)cc1. The number of rotatable bonds is 6. The number of esters is 1. The quantitative estimate of drug-likeness (QED) is 0.647. The van der Waals surface area contributed by atoms with Gasteiger partial charge in [0.15, 0.2) is 0 Å². The van der Waals surface area contributed by atoms with Crippen LogP contribution < -0.4 is 10.6 Å². The Morgan fingerprint density at radius 1 is 1.08 bits per heavy atom. The van der Waals surface area contributed by atoms with Gasteiger partial charge in [0.1, 0.15) is 5.82 Å². The molecule has 0 saturated heterocycles. The van der Waals surface area contributed by atoms with Crippen LogP contribution in [0.2, 0.25) is 0 Å². The second kappa shape index (κ2) is 8.26. The van der Waals surface area contributed by atoms with Crippen LogP contribution in [0.1, 0.15) is 15.2 Å². The highest BCUT2D eigenvalue weighted by molar-refractivity contribution is 7.10. The molecule has 0 unspecified atom stereocenters. The summed E-state index contributed by atoms with van der Waals surface area (Å²) >= 11 is 1.55. The molecular formula is C19H17N3O3S. The molecule has 7 heteroatoms. The lowest BCUT2D eigenvalue weighted by Gasteiger charge is -2.08. The van der Waals surface area contributed by atoms with Crippen LogP contribution in [0.3, 0.4) is 0 Å². The van der Waals surface area contributed by atoms with Gasteiger partial charge in [0.05, 0.1) is 31.0 Å². The van der Waals surface area contributed by atoms with Gasteiger partial charge in [-0.3, -0.25) is 4.79 Å². The van der Waals surface area contributed by atoms with Crippen LogP contribution in [-0.4, -0.2) is 24.0 Å². The van der Waals surface area contributed by atoms with E-state index >= 15 is 0 Å². The maximum Gasteiger partial charge on any atom is 0.337 e. The lowest BCUT2D eigenvalue weighted by Crippen LogP contribution is -2.13. The molecule has 0 aliphatic carbocycles. The number of thiophene rings is 1. The van der Waals surface area contributed by atoms with Crippen LogP contribution in [-0.2, 0) is 16.0 Å². The molecule has 3 aromatic rings. The van der Waals surface area contributed by atoms with Gasteiger partial charge < -0.3 is 15.4 Å². The Kier molecular flexibility index (Phi) is 5.60. The van der Waals surface area contributed by atoms with E-state index in [1.807, 2.05) is 17.5 Å². The number of carbonyl (C=O) groups is 2. The van der Waals surface area contributed by atoms with Gasteiger partial charge in [-0.15, -0.1) is 11.3 Å². The highest BCUT2D eigenvalue weighted by Crippen LogP contribution is 2.18. The first-order valence-electron chi connectivity index (χ1n) is 7.88. The van der Waals surface area contributed by atoms with E-state index in [2.05, 4.69) is 20.4 Å². The molecule has 0 aliphatic heterocycles. The van der Waals surface area contributed by atoms with Crippen LogP contribution in [0.15, 0.2) is 60.1 Å². The summed E-state index contributed by atoms with van der Waals surface area (Å²) in [6.07, 6.45) is 1.95. The predicted octanol–water partition coefficient (Wildman–Crippen LogP) is 3.85. The topological polar surface area (TPSA) is 80.3 Å². The summed E-state index contributed by atoms with van der Waals surface area (Å²) in [7, 11) is 1.35. The van der Waals surface area contributed by atoms with Crippen LogP contribution in [0, 0.1) is 0 Å². The summed E-state index contributed by atoms with van der Waals surface area (Å²) in [6.45, 7) is 0. The number of benzene rings is 1. The fourth-order valence-electron chi connectivity index (χ4n) is 2.27. The maximum absolute atomic E-state index is 12.0. The zero-order valence-electron chi connectivity index (χ0n) is 14.1. The highest BCUT2D eigenvalue weighted by atomic mass is 32.1. The molecule has 6 nitrogen and oxygen atoms in total. The zero-order valence-corrected chi connectivity index (χ0v) is 14.9. The minimum Gasteiger partial charge on any atom is -0.465 e. The largest absolute Gasteiger partial charge is 0.465 e. The van der Waals surface area contributed by atoms with Crippen molar-refractivity contribution in [3.05, 3.63) is 70.5 Å². The Balaban J connectivity index is 1.57. The maximum atomic E-state index is 12.0. The molecule has 132 valence electrons. The Bertz CT molecular complexity index is 875. The summed E-state index contributed by atoms with van der Waals surface area (Å²) in [5.41, 5.74) is 1.91. The Hall–Kier alpha value is -3.19. The number of nitrogens with zero attached hydrogens (tertiary/aromatic N) is 1. The number of amides is 1. The number of methoxy groups -OCH3 is 1. The first-order chi connectivity index (χ1) is 12.6. The van der Waals surface area contributed by atoms with Crippen LogP contribution in [0.25, 0.3) is 0 Å². The molecule has 26 heavy (non-hydrogen) atoms. The standard InChI is InChI=1S/C19H17N3O3S/c1-25-19(24)13-4-6-14(7-5-13)21-17-9-8-15(12-20-17)22-18(23)11-16-3-2-10-26-16/h2-10,12H,11H2,1H3,(H,20,21)(H,22,23). The molecule has 1 amide bonds. The molecule has 0 spiro atoms. The Morgan fingerprint density at radius 3 is 2.46 bits per heavy atom. The van der Waals surface area contributed by atoms with E-state index < -0.39 is 0 Å². The lowest BCUT2D eigenvalue weighted by atomic mass is 10.2. The second-order valence-electron chi connectivity index (χ2n) is 5.43. The second-order valence-corrected chi connectivity index (χ2v) is 6.46. The van der Waals surface area contributed by atoms with E-state index in [0.29, 0.717) is 23.5 Å². The minimum absolute atomic E-state index is 0.0756. The van der Waals surface area contributed by atoms with E-state index in [9.17, 15) is 9.59 Å². The number of nitrogens with one attached hydrogen (secondary N) is 2. The van der Waals surface area contributed by atoms with Crippen molar-refractivity contribution in [2.75, 3.05) is 17.7 Å². The number of pyridine rings is 1. The van der Waals surface area contributed by atoms with Gasteiger partial charge in [0, 0.05) is 10.6 Å². The molecule has 1 aromatic carbocycles. The van der Waals surface area contributed by atoms with Gasteiger partial charge >= 0.3 is 5.97 Å². The van der Waals surface area contributed by atoms with Gasteiger partial charge in [0.25, 0.3) is 0 Å². The molecule has 0 atom stereocenters. The fourth-order valence-corrected chi connectivity index (χ4v) is 2.98. The van der Waals surface area contributed by atoms with E-state index in [1.165, 1.54) is 7.11 Å². The molecule has 2 aromatic heterocycles. The number of hydrogen-bond donors (Lipinski definition) is 2. The van der Waals surface area contributed by atoms with E-state index in [-0.39, 0.29) is 11.9 Å². The monoisotopic (exact) mass is 367 g/mol. The van der Waals surface area contributed by atoms with Crippen molar-refractivity contribution in [3.8, 4) is 0 Å². The summed E-state index contributed by atoms with van der Waals surface area (Å²) < 4.78 is 4.67. The number of ether oxygens (including phenoxy) is 1. The minimum atomic E-state index is -0.377. The van der Waals surface area contributed by atoms with Crippen molar-refractivity contribution in [3.63, 3.8) is 0 Å². The normalized spacial score (nSPS) is 10.2. The summed E-state index contributed by atoms with van der Waals surface area (Å²) in [5, 5.41) is 7.90. The molecule has 0 bridgehead atoms. The van der Waals surface area contributed by atoms with Crippen LogP contribution in [0.5, 0.6) is 0 Å². The number of hydrogen-bond acceptors (Lipinski definition) is 6. The molecule has 0 saturated carbocycles. The first kappa shape index (κ1) is 17.6. The van der Waals surface area contributed by atoms with Crippen molar-refractivity contribution < 1.29 is 14.3 Å². The lowest BCUT2D eigenvalue weighted by molar-refractivity contribution is -0.115. The summed E-state index contributed by atoms with van der Waals surface area (Å²) in [4.78, 5) is 28.7. The van der Waals surface area contributed by atoms with Crippen molar-refractivity contribution in [2.24, 2.45) is 0 Å². The molecule has 2 heterocycles.